The van der Waals surface area contributed by atoms with E-state index < -0.39 is 30.2 Å². The number of ether oxygens (including phenoxy) is 1. The lowest BCUT2D eigenvalue weighted by molar-refractivity contribution is -0.144. The number of benzene rings is 1. The monoisotopic (exact) mass is 794 g/mol. The highest BCUT2D eigenvalue weighted by atomic mass is 35.5. The van der Waals surface area contributed by atoms with E-state index in [1.165, 1.54) is 5.56 Å². The fraction of sp³-hybridized carbons (Fsp3) is 0.762. The van der Waals surface area contributed by atoms with Crippen LogP contribution in [0.4, 0.5) is 0 Å². The molecule has 0 aliphatic heterocycles. The summed E-state index contributed by atoms with van der Waals surface area (Å²) in [7, 11) is -6.21. The lowest BCUT2D eigenvalue weighted by atomic mass is 9.85. The molecule has 0 radical (unpaired) electrons. The van der Waals surface area contributed by atoms with Gasteiger partial charge in [0.25, 0.3) is 0 Å². The summed E-state index contributed by atoms with van der Waals surface area (Å²) in [4.78, 5) is 23.1. The smallest absolute Gasteiger partial charge is 0.305 e. The third-order valence-corrected chi connectivity index (χ3v) is 26.2. The van der Waals surface area contributed by atoms with Gasteiger partial charge in [-0.25, -0.2) is 0 Å². The number of esters is 1. The number of hydrogen-bond donors (Lipinski definition) is 0. The molecule has 52 heavy (non-hydrogen) atoms. The Morgan fingerprint density at radius 3 is 1.79 bits per heavy atom. The first-order valence-corrected chi connectivity index (χ1v) is 28.9. The van der Waals surface area contributed by atoms with Crippen molar-refractivity contribution in [3.05, 3.63) is 48.0 Å². The van der Waals surface area contributed by atoms with Crippen molar-refractivity contribution in [1.82, 2.24) is 0 Å². The highest BCUT2D eigenvalue weighted by Gasteiger charge is 2.51. The quantitative estimate of drug-likeness (QED) is 0.0457. The zero-order valence-corrected chi connectivity index (χ0v) is 39.4. The van der Waals surface area contributed by atoms with E-state index in [0.717, 1.165) is 32.1 Å². The summed E-state index contributed by atoms with van der Waals surface area (Å²) in [5.41, 5.74) is 1.26. The molecule has 1 aliphatic rings. The normalized spacial score (nSPS) is 21.5. The van der Waals surface area contributed by atoms with Gasteiger partial charge in [0.15, 0.2) is 25.0 Å². The largest absolute Gasteiger partial charge is 0.465 e. The number of allylic oxidation sites excluding steroid dienone is 2. The first-order chi connectivity index (χ1) is 23.7. The molecule has 1 fully saturated rings. The Morgan fingerprint density at radius 1 is 0.769 bits per heavy atom. The van der Waals surface area contributed by atoms with Gasteiger partial charge in [-0.2, -0.15) is 0 Å². The van der Waals surface area contributed by atoms with E-state index in [2.05, 4.69) is 144 Å². The van der Waals surface area contributed by atoms with Crippen LogP contribution in [0.25, 0.3) is 0 Å². The molecular weight excluding hydrogens is 720 g/mol. The Labute approximate surface area is 326 Å². The molecule has 298 valence electrons. The van der Waals surface area contributed by atoms with E-state index in [1.54, 1.807) is 0 Å². The third-order valence-electron chi connectivity index (χ3n) is 12.5. The zero-order chi connectivity index (χ0) is 39.8. The van der Waals surface area contributed by atoms with Crippen molar-refractivity contribution in [3.63, 3.8) is 0 Å². The minimum Gasteiger partial charge on any atom is -0.465 e. The van der Waals surface area contributed by atoms with E-state index >= 15 is 0 Å². The van der Waals surface area contributed by atoms with E-state index in [1.807, 2.05) is 0 Å². The van der Waals surface area contributed by atoms with Crippen molar-refractivity contribution in [2.45, 2.75) is 186 Å². The Balaban J connectivity index is 2.44. The lowest BCUT2D eigenvalue weighted by Crippen LogP contribution is -2.45. The molecule has 0 heterocycles. The molecule has 0 N–H and O–H groups in total. The molecule has 1 aromatic carbocycles. The summed E-state index contributed by atoms with van der Waals surface area (Å²) in [6.07, 6.45) is 10.4. The lowest BCUT2D eigenvalue weighted by Gasteiger charge is -2.41. The maximum atomic E-state index is 12.1. The van der Waals surface area contributed by atoms with Crippen LogP contribution in [0, 0.1) is 11.8 Å². The molecule has 2 rings (SSSR count). The third kappa shape index (κ3) is 14.2. The van der Waals surface area contributed by atoms with Crippen molar-refractivity contribution in [1.29, 1.82) is 0 Å². The zero-order valence-electron chi connectivity index (χ0n) is 35.6. The molecular formula is C42H75ClO6Si3. The van der Waals surface area contributed by atoms with Gasteiger partial charge in [-0.3, -0.25) is 9.59 Å². The van der Waals surface area contributed by atoms with Gasteiger partial charge >= 0.3 is 5.97 Å². The molecule has 1 saturated carbocycles. The summed E-state index contributed by atoms with van der Waals surface area (Å²) < 4.78 is 27.1. The van der Waals surface area contributed by atoms with Gasteiger partial charge in [-0.15, -0.1) is 0 Å². The van der Waals surface area contributed by atoms with Gasteiger partial charge in [-0.05, 0) is 122 Å². The van der Waals surface area contributed by atoms with E-state index in [4.69, 9.17) is 29.6 Å². The Hall–Kier alpha value is -1.08. The molecule has 1 aliphatic carbocycles. The molecule has 1 aromatic rings. The summed E-state index contributed by atoms with van der Waals surface area (Å²) in [6, 6.07) is 10.8. The molecule has 0 bridgehead atoms. The topological polar surface area (TPSA) is 71.1 Å². The molecule has 0 amide bonds. The van der Waals surface area contributed by atoms with Crippen molar-refractivity contribution < 1.29 is 27.6 Å². The summed E-state index contributed by atoms with van der Waals surface area (Å²) in [5, 5.41) is -0.184. The predicted molar refractivity (Wildman–Crippen MR) is 226 cm³/mol. The number of carbonyl (C=O) groups is 2. The van der Waals surface area contributed by atoms with Crippen LogP contribution < -0.4 is 0 Å². The number of rotatable bonds is 19. The van der Waals surface area contributed by atoms with Crippen molar-refractivity contribution >= 4 is 47.8 Å². The summed E-state index contributed by atoms with van der Waals surface area (Å²) >= 11 is 5.36. The number of carbonyl (C=O) groups excluding carboxylic acids is 2. The Bertz CT molecular complexity index is 1290. The van der Waals surface area contributed by atoms with E-state index in [9.17, 15) is 9.59 Å². The maximum absolute atomic E-state index is 12.1. The first kappa shape index (κ1) is 47.1. The fourth-order valence-corrected chi connectivity index (χ4v) is 10.3. The van der Waals surface area contributed by atoms with Crippen LogP contribution >= 0.6 is 11.6 Å². The standard InChI is InChI=1S/C42H75ClO6Si3/c1-40(2,3)50(10,11)47-35(32-23-19-18-20-24-32)28-27-34-33(25-21-16-17-22-26-39(45)46-30-29-38(43)44)36(48-51(12,13)41(4,5)6)31-37(34)49-52(14,15)42(7,8)9/h16,18-21,23-24,33-37H,17,22,25-31H2,1-15H3/b21-16-/t33-,34-,35+,36+,37-/m1/s1. The summed E-state index contributed by atoms with van der Waals surface area (Å²) in [5.74, 6) is 0.341. The minimum atomic E-state index is -2.08. The molecule has 6 nitrogen and oxygen atoms in total. The van der Waals surface area contributed by atoms with Crippen LogP contribution in [-0.2, 0) is 27.6 Å². The average molecular weight is 796 g/mol. The highest BCUT2D eigenvalue weighted by molar-refractivity contribution is 6.75. The maximum Gasteiger partial charge on any atom is 0.305 e. The molecule has 0 aromatic heterocycles. The van der Waals surface area contributed by atoms with Crippen molar-refractivity contribution in [2.75, 3.05) is 6.61 Å². The molecule has 0 unspecified atom stereocenters. The predicted octanol–water partition coefficient (Wildman–Crippen LogP) is 12.8. The number of hydrogen-bond acceptors (Lipinski definition) is 6. The molecule has 5 atom stereocenters. The Kier molecular flexibility index (Phi) is 17.4. The molecule has 0 spiro atoms. The molecule has 0 saturated heterocycles. The van der Waals surface area contributed by atoms with Crippen LogP contribution in [0.1, 0.15) is 125 Å². The minimum absolute atomic E-state index is 0.0227. The second kappa shape index (κ2) is 19.2. The van der Waals surface area contributed by atoms with Crippen LogP contribution in [0.15, 0.2) is 42.5 Å². The van der Waals surface area contributed by atoms with Crippen LogP contribution in [0.2, 0.25) is 54.4 Å². The second-order valence-electron chi connectivity index (χ2n) is 19.7. The second-order valence-corrected chi connectivity index (χ2v) is 34.4. The first-order valence-electron chi connectivity index (χ1n) is 19.8. The van der Waals surface area contributed by atoms with Gasteiger partial charge < -0.3 is 18.0 Å². The van der Waals surface area contributed by atoms with Crippen molar-refractivity contribution in [3.8, 4) is 0 Å². The van der Waals surface area contributed by atoms with Gasteiger partial charge in [-0.1, -0.05) is 105 Å². The van der Waals surface area contributed by atoms with Crippen LogP contribution in [0.5, 0.6) is 0 Å². The van der Waals surface area contributed by atoms with Crippen molar-refractivity contribution in [2.24, 2.45) is 11.8 Å². The highest BCUT2D eigenvalue weighted by Crippen LogP contribution is 2.50. The van der Waals surface area contributed by atoms with E-state index in [-0.39, 0.29) is 52.4 Å². The van der Waals surface area contributed by atoms with Gasteiger partial charge in [0.1, 0.15) is 0 Å². The van der Waals surface area contributed by atoms with E-state index in [0.29, 0.717) is 24.7 Å². The Morgan fingerprint density at radius 2 is 1.29 bits per heavy atom. The fourth-order valence-electron chi connectivity index (χ4n) is 6.13. The number of unbranched alkanes of at least 4 members (excludes halogenated alkanes) is 1. The van der Waals surface area contributed by atoms with Crippen LogP contribution in [-0.4, -0.2) is 55.0 Å². The SMILES string of the molecule is CC(C)(C)[Si](C)(C)O[C@@H](CC[C@@H]1[C@@H](C/C=C\CCCC(=O)OCCC(=O)Cl)[C@@H](O[Si](C)(C)C(C)(C)C)C[C@H]1O[Si](C)(C)C(C)(C)C)c1ccccc1. The average Bonchev–Trinajstić information content (AvgIpc) is 3.29. The number of halogens is 1. The summed E-state index contributed by atoms with van der Waals surface area (Å²) in [6.45, 7) is 35.2. The van der Waals surface area contributed by atoms with Gasteiger partial charge in [0, 0.05) is 6.42 Å². The van der Waals surface area contributed by atoms with Gasteiger partial charge in [0.05, 0.1) is 31.3 Å². The van der Waals surface area contributed by atoms with Gasteiger partial charge in [0.2, 0.25) is 5.24 Å². The molecule has 10 heteroatoms. The van der Waals surface area contributed by atoms with Crippen LogP contribution in [0.3, 0.4) is 0 Å².